The lowest BCUT2D eigenvalue weighted by Gasteiger charge is -2.39. The summed E-state index contributed by atoms with van der Waals surface area (Å²) in [5.41, 5.74) is 5.00. The van der Waals surface area contributed by atoms with E-state index < -0.39 is 15.6 Å². The summed E-state index contributed by atoms with van der Waals surface area (Å²) in [4.78, 5) is 2.36. The Bertz CT molecular complexity index is 546. The van der Waals surface area contributed by atoms with Crippen molar-refractivity contribution >= 4 is 38.6 Å². The number of sulfonamides is 1. The van der Waals surface area contributed by atoms with Crippen LogP contribution in [-0.4, -0.2) is 44.0 Å². The van der Waals surface area contributed by atoms with E-state index in [-0.39, 0.29) is 4.99 Å². The molecule has 2 rings (SSSR count). The van der Waals surface area contributed by atoms with Crippen molar-refractivity contribution in [1.29, 1.82) is 0 Å². The maximum absolute atomic E-state index is 12.3. The van der Waals surface area contributed by atoms with E-state index >= 15 is 0 Å². The van der Waals surface area contributed by atoms with Gasteiger partial charge in [-0.25, -0.2) is 8.42 Å². The van der Waals surface area contributed by atoms with Crippen LogP contribution in [0.5, 0.6) is 0 Å². The van der Waals surface area contributed by atoms with Crippen molar-refractivity contribution in [1.82, 2.24) is 9.62 Å². The molecular formula is C11H17N3O2S3. The monoisotopic (exact) mass is 319 g/mol. The lowest BCUT2D eigenvalue weighted by Crippen LogP contribution is -2.61. The van der Waals surface area contributed by atoms with Gasteiger partial charge >= 0.3 is 0 Å². The Morgan fingerprint density at radius 3 is 2.63 bits per heavy atom. The molecule has 5 nitrogen and oxygen atoms in total. The second-order valence-corrected chi connectivity index (χ2v) is 8.08. The van der Waals surface area contributed by atoms with Crippen LogP contribution in [0, 0.1) is 0 Å². The molecule has 1 aromatic rings. The van der Waals surface area contributed by atoms with Crippen molar-refractivity contribution in [2.75, 3.05) is 20.1 Å². The van der Waals surface area contributed by atoms with Crippen LogP contribution >= 0.6 is 23.6 Å². The van der Waals surface area contributed by atoms with Gasteiger partial charge in [-0.2, -0.15) is 4.72 Å². The average Bonchev–Trinajstić information content (AvgIpc) is 2.86. The van der Waals surface area contributed by atoms with Gasteiger partial charge in [0.15, 0.2) is 0 Å². The maximum atomic E-state index is 12.3. The van der Waals surface area contributed by atoms with Gasteiger partial charge in [-0.3, -0.25) is 0 Å². The fraction of sp³-hybridized carbons (Fsp3) is 0.545. The van der Waals surface area contributed by atoms with Crippen LogP contribution in [0.25, 0.3) is 0 Å². The molecule has 0 atom stereocenters. The second-order valence-electron chi connectivity index (χ2n) is 4.79. The third-order valence-electron chi connectivity index (χ3n) is 3.40. The molecule has 0 spiro atoms. The molecule has 0 aliphatic carbocycles. The van der Waals surface area contributed by atoms with Crippen molar-refractivity contribution in [3.8, 4) is 0 Å². The summed E-state index contributed by atoms with van der Waals surface area (Å²) in [6.45, 7) is 1.54. The summed E-state index contributed by atoms with van der Waals surface area (Å²) in [6.07, 6.45) is 1.20. The van der Waals surface area contributed by atoms with Crippen LogP contribution in [0.2, 0.25) is 0 Å². The summed E-state index contributed by atoms with van der Waals surface area (Å²) in [5, 5.41) is 1.73. The smallest absolute Gasteiger partial charge is 0.250 e. The summed E-state index contributed by atoms with van der Waals surface area (Å²) in [7, 11) is -1.56. The van der Waals surface area contributed by atoms with Gasteiger partial charge in [0.1, 0.15) is 4.21 Å². The summed E-state index contributed by atoms with van der Waals surface area (Å²) in [6, 6.07) is 3.29. The highest BCUT2D eigenvalue weighted by atomic mass is 32.2. The summed E-state index contributed by atoms with van der Waals surface area (Å²) in [5.74, 6) is 0. The van der Waals surface area contributed by atoms with Crippen LogP contribution in [0.3, 0.4) is 0 Å². The molecule has 0 radical (unpaired) electrons. The van der Waals surface area contributed by atoms with Crippen molar-refractivity contribution in [3.05, 3.63) is 17.5 Å². The minimum absolute atomic E-state index is 0.223. The van der Waals surface area contributed by atoms with Crippen molar-refractivity contribution in [2.45, 2.75) is 22.6 Å². The third-order valence-corrected chi connectivity index (χ3v) is 6.73. The molecule has 1 aliphatic rings. The quantitative estimate of drug-likeness (QED) is 0.802. The molecule has 3 N–H and O–H groups in total. The van der Waals surface area contributed by atoms with Crippen molar-refractivity contribution in [3.63, 3.8) is 0 Å². The predicted octanol–water partition coefficient (Wildman–Crippen LogP) is 0.777. The molecule has 0 saturated carbocycles. The first kappa shape index (κ1) is 14.9. The zero-order valence-electron chi connectivity index (χ0n) is 10.6. The molecule has 1 aromatic heterocycles. The molecule has 1 aliphatic heterocycles. The van der Waals surface area contributed by atoms with E-state index in [0.29, 0.717) is 17.1 Å². The first-order chi connectivity index (χ1) is 8.86. The molecule has 106 valence electrons. The number of rotatable bonds is 4. The van der Waals surface area contributed by atoms with E-state index in [1.54, 1.807) is 17.5 Å². The minimum atomic E-state index is -3.56. The van der Waals surface area contributed by atoms with Crippen molar-refractivity contribution < 1.29 is 8.42 Å². The van der Waals surface area contributed by atoms with Crippen LogP contribution in [-0.2, 0) is 10.0 Å². The Morgan fingerprint density at radius 1 is 1.53 bits per heavy atom. The van der Waals surface area contributed by atoms with E-state index in [9.17, 15) is 8.42 Å². The zero-order chi connectivity index (χ0) is 14.1. The minimum Gasteiger partial charge on any atom is -0.392 e. The first-order valence-corrected chi connectivity index (χ1v) is 8.69. The number of nitrogens with one attached hydrogen (secondary N) is 1. The number of thiocarbonyl (C=S) groups is 1. The Morgan fingerprint density at radius 2 is 2.16 bits per heavy atom. The second kappa shape index (κ2) is 5.45. The van der Waals surface area contributed by atoms with Crippen molar-refractivity contribution in [2.24, 2.45) is 5.73 Å². The van der Waals surface area contributed by atoms with Crippen LogP contribution in [0.1, 0.15) is 12.8 Å². The standard InChI is InChI=1S/C11H17N3O2S3/c1-14-6-4-11(5-7-14,10(12)17)13-19(15,16)9-3-2-8-18-9/h2-3,8,13H,4-7H2,1H3,(H2,12,17). The van der Waals surface area contributed by atoms with Crippen LogP contribution in [0.4, 0.5) is 0 Å². The number of hydrogen-bond acceptors (Lipinski definition) is 5. The molecule has 1 fully saturated rings. The largest absolute Gasteiger partial charge is 0.392 e. The fourth-order valence-corrected chi connectivity index (χ4v) is 4.88. The van der Waals surface area contributed by atoms with E-state index in [1.807, 2.05) is 7.05 Å². The molecule has 0 aromatic carbocycles. The fourth-order valence-electron chi connectivity index (χ4n) is 2.12. The Hall–Kier alpha value is -0.540. The third kappa shape index (κ3) is 3.14. The lowest BCUT2D eigenvalue weighted by atomic mass is 9.89. The molecule has 8 heteroatoms. The number of thiophene rings is 1. The Balaban J connectivity index is 2.25. The van der Waals surface area contributed by atoms with Gasteiger partial charge in [-0.05, 0) is 31.3 Å². The number of piperidine rings is 1. The van der Waals surface area contributed by atoms with Crippen LogP contribution in [0.15, 0.2) is 21.7 Å². The molecular weight excluding hydrogens is 302 g/mol. The van der Waals surface area contributed by atoms with E-state index in [0.717, 1.165) is 13.1 Å². The molecule has 0 bridgehead atoms. The molecule has 19 heavy (non-hydrogen) atoms. The maximum Gasteiger partial charge on any atom is 0.250 e. The summed E-state index contributed by atoms with van der Waals surface area (Å²) < 4.78 is 27.7. The SMILES string of the molecule is CN1CCC(NS(=O)(=O)c2cccs2)(C(N)=S)CC1. The molecule has 0 amide bonds. The number of nitrogens with two attached hydrogens (primary N) is 1. The van der Waals surface area contributed by atoms with Gasteiger partial charge in [0, 0.05) is 13.1 Å². The molecule has 1 saturated heterocycles. The highest BCUT2D eigenvalue weighted by Crippen LogP contribution is 2.26. The van der Waals surface area contributed by atoms with Gasteiger partial charge in [0.05, 0.1) is 10.5 Å². The van der Waals surface area contributed by atoms with Gasteiger partial charge in [-0.15, -0.1) is 11.3 Å². The zero-order valence-corrected chi connectivity index (χ0v) is 13.1. The van der Waals surface area contributed by atoms with E-state index in [4.69, 9.17) is 18.0 Å². The Labute approximate surface area is 122 Å². The van der Waals surface area contributed by atoms with Gasteiger partial charge in [-0.1, -0.05) is 18.3 Å². The highest BCUT2D eigenvalue weighted by molar-refractivity contribution is 7.91. The molecule has 0 unspecified atom stereocenters. The topological polar surface area (TPSA) is 75.4 Å². The molecule has 2 heterocycles. The average molecular weight is 319 g/mol. The van der Waals surface area contributed by atoms with Gasteiger partial charge < -0.3 is 10.6 Å². The number of hydrogen-bond donors (Lipinski definition) is 2. The lowest BCUT2D eigenvalue weighted by molar-refractivity contribution is 0.221. The van der Waals surface area contributed by atoms with E-state index in [1.165, 1.54) is 11.3 Å². The van der Waals surface area contributed by atoms with E-state index in [2.05, 4.69) is 9.62 Å². The predicted molar refractivity (Wildman–Crippen MR) is 80.9 cm³/mol. The van der Waals surface area contributed by atoms with Gasteiger partial charge in [0.25, 0.3) is 10.0 Å². The number of nitrogens with zero attached hydrogens (tertiary/aromatic N) is 1. The first-order valence-electron chi connectivity index (χ1n) is 5.92. The highest BCUT2D eigenvalue weighted by Gasteiger charge is 2.40. The Kier molecular flexibility index (Phi) is 4.26. The number of likely N-dealkylation sites (tertiary alicyclic amines) is 1. The van der Waals surface area contributed by atoms with Crippen LogP contribution < -0.4 is 10.5 Å². The summed E-state index contributed by atoms with van der Waals surface area (Å²) >= 11 is 6.28. The van der Waals surface area contributed by atoms with Gasteiger partial charge in [0.2, 0.25) is 0 Å². The normalized spacial score (nSPS) is 20.3.